The molecule has 0 spiro atoms. The highest BCUT2D eigenvalue weighted by molar-refractivity contribution is 6.00. The van der Waals surface area contributed by atoms with E-state index >= 15 is 0 Å². The van der Waals surface area contributed by atoms with E-state index in [1.54, 1.807) is 13.8 Å². The smallest absolute Gasteiger partial charge is 0.330 e. The van der Waals surface area contributed by atoms with Crippen molar-refractivity contribution in [2.75, 3.05) is 7.11 Å². The van der Waals surface area contributed by atoms with Gasteiger partial charge in [-0.1, -0.05) is 6.42 Å². The first-order valence-electron chi connectivity index (χ1n) is 6.45. The van der Waals surface area contributed by atoms with E-state index in [1.807, 2.05) is 6.07 Å². The molecule has 0 aliphatic heterocycles. The third-order valence-corrected chi connectivity index (χ3v) is 3.27. The van der Waals surface area contributed by atoms with Crippen LogP contribution in [0.15, 0.2) is 11.1 Å². The Hall–Kier alpha value is -1.83. The first-order chi connectivity index (χ1) is 8.92. The lowest BCUT2D eigenvalue weighted by molar-refractivity contribution is -0.148. The average Bonchev–Trinajstić information content (AvgIpc) is 2.39. The SMILES string of the molecule is COC(=O)C(C)(C)NC(=O)C(C#N)=C1CCCCC1. The van der Waals surface area contributed by atoms with Crippen LogP contribution in [-0.2, 0) is 14.3 Å². The summed E-state index contributed by atoms with van der Waals surface area (Å²) in [5.74, 6) is -1.03. The predicted molar refractivity (Wildman–Crippen MR) is 70.0 cm³/mol. The number of nitrogens with zero attached hydrogens (tertiary/aromatic N) is 1. The van der Waals surface area contributed by atoms with Gasteiger partial charge in [0.15, 0.2) is 0 Å². The summed E-state index contributed by atoms with van der Waals surface area (Å²) in [5, 5.41) is 11.7. The Labute approximate surface area is 113 Å². The molecule has 1 aliphatic rings. The minimum absolute atomic E-state index is 0.150. The molecule has 5 heteroatoms. The standard InChI is InChI=1S/C14H20N2O3/c1-14(2,13(18)19-3)16-12(17)11(9-15)10-7-5-4-6-8-10/h4-8H2,1-3H3,(H,16,17). The first-order valence-corrected chi connectivity index (χ1v) is 6.45. The Kier molecular flexibility index (Phi) is 5.11. The molecule has 1 saturated carbocycles. The van der Waals surface area contributed by atoms with Crippen molar-refractivity contribution in [2.45, 2.75) is 51.5 Å². The van der Waals surface area contributed by atoms with Gasteiger partial charge in [-0.05, 0) is 45.1 Å². The number of hydrogen-bond donors (Lipinski definition) is 1. The first kappa shape index (κ1) is 15.2. The van der Waals surface area contributed by atoms with Crippen LogP contribution < -0.4 is 5.32 Å². The van der Waals surface area contributed by atoms with Gasteiger partial charge >= 0.3 is 5.97 Å². The van der Waals surface area contributed by atoms with Gasteiger partial charge in [-0.3, -0.25) is 4.79 Å². The summed E-state index contributed by atoms with van der Waals surface area (Å²) < 4.78 is 4.62. The molecule has 0 bridgehead atoms. The van der Waals surface area contributed by atoms with Crippen LogP contribution in [0.25, 0.3) is 0 Å². The summed E-state index contributed by atoms with van der Waals surface area (Å²) in [6, 6.07) is 1.97. The summed E-state index contributed by atoms with van der Waals surface area (Å²) in [4.78, 5) is 23.6. The summed E-state index contributed by atoms with van der Waals surface area (Å²) in [5.41, 5.74) is -0.0908. The molecular formula is C14H20N2O3. The summed E-state index contributed by atoms with van der Waals surface area (Å²) in [6.07, 6.45) is 4.73. The Morgan fingerprint density at radius 1 is 1.26 bits per heavy atom. The highest BCUT2D eigenvalue weighted by Crippen LogP contribution is 2.26. The van der Waals surface area contributed by atoms with Crippen molar-refractivity contribution in [1.29, 1.82) is 5.26 Å². The van der Waals surface area contributed by atoms with E-state index in [0.29, 0.717) is 0 Å². The lowest BCUT2D eigenvalue weighted by Crippen LogP contribution is -2.50. The predicted octanol–water partition coefficient (Wildman–Crippen LogP) is 1.84. The summed E-state index contributed by atoms with van der Waals surface area (Å²) in [6.45, 7) is 3.11. The van der Waals surface area contributed by atoms with Crippen LogP contribution in [0.1, 0.15) is 46.0 Å². The van der Waals surface area contributed by atoms with E-state index in [9.17, 15) is 9.59 Å². The maximum absolute atomic E-state index is 12.1. The number of esters is 1. The average molecular weight is 264 g/mol. The van der Waals surface area contributed by atoms with Crippen molar-refractivity contribution < 1.29 is 14.3 Å². The molecule has 0 unspecified atom stereocenters. The van der Waals surface area contributed by atoms with Gasteiger partial charge in [0.2, 0.25) is 0 Å². The van der Waals surface area contributed by atoms with Gasteiger partial charge in [-0.15, -0.1) is 0 Å². The second kappa shape index (κ2) is 6.37. The maximum Gasteiger partial charge on any atom is 0.330 e. The summed E-state index contributed by atoms with van der Waals surface area (Å²) in [7, 11) is 1.26. The zero-order chi connectivity index (χ0) is 14.5. The van der Waals surface area contributed by atoms with Crippen molar-refractivity contribution in [3.05, 3.63) is 11.1 Å². The van der Waals surface area contributed by atoms with Crippen LogP contribution in [0.5, 0.6) is 0 Å². The van der Waals surface area contributed by atoms with E-state index < -0.39 is 17.4 Å². The number of rotatable bonds is 3. The lowest BCUT2D eigenvalue weighted by Gasteiger charge is -2.24. The van der Waals surface area contributed by atoms with E-state index in [1.165, 1.54) is 7.11 Å². The molecule has 1 amide bonds. The van der Waals surface area contributed by atoms with Gasteiger partial charge in [0.25, 0.3) is 5.91 Å². The Morgan fingerprint density at radius 3 is 2.32 bits per heavy atom. The van der Waals surface area contributed by atoms with Crippen LogP contribution in [0.4, 0.5) is 0 Å². The van der Waals surface area contributed by atoms with Crippen molar-refractivity contribution in [3.8, 4) is 6.07 Å². The van der Waals surface area contributed by atoms with Crippen molar-refractivity contribution in [1.82, 2.24) is 5.32 Å². The number of allylic oxidation sites excluding steroid dienone is 1. The van der Waals surface area contributed by atoms with Crippen molar-refractivity contribution in [2.24, 2.45) is 0 Å². The minimum Gasteiger partial charge on any atom is -0.467 e. The third-order valence-electron chi connectivity index (χ3n) is 3.27. The van der Waals surface area contributed by atoms with Gasteiger partial charge in [0.05, 0.1) is 7.11 Å². The Balaban J connectivity index is 2.86. The Morgan fingerprint density at radius 2 is 1.84 bits per heavy atom. The molecule has 104 valence electrons. The monoisotopic (exact) mass is 264 g/mol. The van der Waals surface area contributed by atoms with E-state index in [0.717, 1.165) is 37.7 Å². The van der Waals surface area contributed by atoms with Crippen LogP contribution in [0.2, 0.25) is 0 Å². The van der Waals surface area contributed by atoms with Crippen LogP contribution in [0.3, 0.4) is 0 Å². The lowest BCUT2D eigenvalue weighted by atomic mass is 9.90. The molecule has 1 fully saturated rings. The minimum atomic E-state index is -1.14. The van der Waals surface area contributed by atoms with Gasteiger partial charge in [-0.25, -0.2) is 4.79 Å². The number of hydrogen-bond acceptors (Lipinski definition) is 4. The molecule has 0 radical (unpaired) electrons. The van der Waals surface area contributed by atoms with Crippen LogP contribution in [0, 0.1) is 11.3 Å². The molecule has 0 atom stereocenters. The van der Waals surface area contributed by atoms with Crippen LogP contribution >= 0.6 is 0 Å². The zero-order valence-electron chi connectivity index (χ0n) is 11.7. The number of ether oxygens (including phenoxy) is 1. The quantitative estimate of drug-likeness (QED) is 0.479. The number of nitrogens with one attached hydrogen (secondary N) is 1. The molecule has 1 aliphatic carbocycles. The third kappa shape index (κ3) is 3.82. The van der Waals surface area contributed by atoms with Crippen molar-refractivity contribution in [3.63, 3.8) is 0 Å². The molecule has 1 rings (SSSR count). The summed E-state index contributed by atoms with van der Waals surface area (Å²) >= 11 is 0. The highest BCUT2D eigenvalue weighted by atomic mass is 16.5. The maximum atomic E-state index is 12.1. The fraction of sp³-hybridized carbons (Fsp3) is 0.643. The number of nitriles is 1. The van der Waals surface area contributed by atoms with Gasteiger partial charge < -0.3 is 10.1 Å². The van der Waals surface area contributed by atoms with E-state index in [2.05, 4.69) is 10.1 Å². The van der Waals surface area contributed by atoms with Crippen LogP contribution in [-0.4, -0.2) is 24.5 Å². The fourth-order valence-corrected chi connectivity index (χ4v) is 2.17. The molecule has 0 heterocycles. The molecular weight excluding hydrogens is 244 g/mol. The topological polar surface area (TPSA) is 79.2 Å². The molecule has 5 nitrogen and oxygen atoms in total. The van der Waals surface area contributed by atoms with E-state index in [4.69, 9.17) is 5.26 Å². The molecule has 0 saturated heterocycles. The molecule has 0 aromatic rings. The molecule has 0 aromatic heterocycles. The number of carbonyl (C=O) groups excluding carboxylic acids is 2. The van der Waals surface area contributed by atoms with Gasteiger partial charge in [-0.2, -0.15) is 5.26 Å². The molecule has 1 N–H and O–H groups in total. The molecule has 0 aromatic carbocycles. The van der Waals surface area contributed by atoms with Crippen molar-refractivity contribution >= 4 is 11.9 Å². The number of carbonyl (C=O) groups is 2. The second-order valence-corrected chi connectivity index (χ2v) is 5.22. The van der Waals surface area contributed by atoms with Gasteiger partial charge in [0, 0.05) is 0 Å². The number of methoxy groups -OCH3 is 1. The largest absolute Gasteiger partial charge is 0.467 e. The number of amides is 1. The molecule has 19 heavy (non-hydrogen) atoms. The van der Waals surface area contributed by atoms with Gasteiger partial charge in [0.1, 0.15) is 17.2 Å². The van der Waals surface area contributed by atoms with E-state index in [-0.39, 0.29) is 5.57 Å². The normalized spacial score (nSPS) is 15.4. The second-order valence-electron chi connectivity index (χ2n) is 5.22. The fourth-order valence-electron chi connectivity index (χ4n) is 2.17. The Bertz CT molecular complexity index is 436. The zero-order valence-corrected chi connectivity index (χ0v) is 11.7. The highest BCUT2D eigenvalue weighted by Gasteiger charge is 2.32.